The minimum absolute atomic E-state index is 0.201. The van der Waals surface area contributed by atoms with Crippen LogP contribution in [0.2, 0.25) is 5.15 Å². The van der Waals surface area contributed by atoms with Gasteiger partial charge in [0, 0.05) is 6.54 Å². The number of nitrogens with zero attached hydrogens (tertiary/aromatic N) is 1. The molecule has 3 rings (SSSR count). The highest BCUT2D eigenvalue weighted by molar-refractivity contribution is 7.18. The molecule has 1 aromatic carbocycles. The molecule has 1 aromatic heterocycles. The molecule has 1 heterocycles. The Balaban J connectivity index is 1.62. The van der Waals surface area contributed by atoms with E-state index in [0.29, 0.717) is 15.4 Å². The number of benzene rings is 1. The number of rotatable bonds is 6. The van der Waals surface area contributed by atoms with Gasteiger partial charge in [-0.05, 0) is 30.2 Å². The molecular weight excluding hydrogens is 320 g/mol. The fraction of sp³-hybridized carbons (Fsp3) is 0.375. The maximum Gasteiger partial charge on any atom is 0.351 e. The van der Waals surface area contributed by atoms with Gasteiger partial charge in [-0.15, -0.1) is 0 Å². The van der Waals surface area contributed by atoms with Crippen LogP contribution in [0.3, 0.4) is 0 Å². The predicted octanol–water partition coefficient (Wildman–Crippen LogP) is 4.02. The van der Waals surface area contributed by atoms with Crippen molar-refractivity contribution in [1.29, 1.82) is 0 Å². The Hall–Kier alpha value is -1.59. The first kappa shape index (κ1) is 15.3. The lowest BCUT2D eigenvalue weighted by molar-refractivity contribution is 0.0606. The van der Waals surface area contributed by atoms with Crippen molar-refractivity contribution in [1.82, 2.24) is 4.98 Å². The van der Waals surface area contributed by atoms with E-state index in [4.69, 9.17) is 11.6 Å². The molecule has 1 aliphatic rings. The molecule has 2 aromatic rings. The maximum atomic E-state index is 11.5. The Bertz CT molecular complexity index is 668. The molecule has 0 radical (unpaired) electrons. The van der Waals surface area contributed by atoms with Crippen LogP contribution in [0.5, 0.6) is 0 Å². The van der Waals surface area contributed by atoms with Crippen LogP contribution < -0.4 is 5.32 Å². The average Bonchev–Trinajstić information content (AvgIpc) is 3.19. The maximum absolute atomic E-state index is 11.5. The van der Waals surface area contributed by atoms with Gasteiger partial charge in [0.05, 0.1) is 7.11 Å². The van der Waals surface area contributed by atoms with Crippen molar-refractivity contribution >= 4 is 34.0 Å². The molecule has 0 amide bonds. The summed E-state index contributed by atoms with van der Waals surface area (Å²) in [6.07, 6.45) is 3.47. The number of esters is 1. The van der Waals surface area contributed by atoms with Gasteiger partial charge in [-0.1, -0.05) is 53.3 Å². The van der Waals surface area contributed by atoms with Crippen molar-refractivity contribution in [2.45, 2.75) is 19.3 Å². The molecule has 116 valence electrons. The molecule has 0 aliphatic heterocycles. The summed E-state index contributed by atoms with van der Waals surface area (Å²) < 4.78 is 4.69. The average molecular weight is 337 g/mol. The third kappa shape index (κ3) is 3.42. The van der Waals surface area contributed by atoms with Gasteiger partial charge >= 0.3 is 5.97 Å². The molecule has 6 heteroatoms. The SMILES string of the molecule is COC(=O)c1sc(NCC2(Cc3ccccc3)CC2)nc1Cl. The highest BCUT2D eigenvalue weighted by Gasteiger charge is 2.42. The van der Waals surface area contributed by atoms with Crippen molar-refractivity contribution in [2.75, 3.05) is 19.0 Å². The zero-order valence-electron chi connectivity index (χ0n) is 12.3. The molecule has 0 atom stereocenters. The van der Waals surface area contributed by atoms with Crippen LogP contribution in [-0.4, -0.2) is 24.6 Å². The van der Waals surface area contributed by atoms with E-state index >= 15 is 0 Å². The van der Waals surface area contributed by atoms with Gasteiger partial charge in [-0.3, -0.25) is 0 Å². The molecule has 1 N–H and O–H groups in total. The van der Waals surface area contributed by atoms with Gasteiger partial charge in [0.1, 0.15) is 0 Å². The second-order valence-corrected chi connectivity index (χ2v) is 7.00. The van der Waals surface area contributed by atoms with Crippen LogP contribution in [0, 0.1) is 5.41 Å². The Morgan fingerprint density at radius 3 is 2.77 bits per heavy atom. The van der Waals surface area contributed by atoms with E-state index in [0.717, 1.165) is 13.0 Å². The summed E-state index contributed by atoms with van der Waals surface area (Å²) >= 11 is 7.21. The minimum Gasteiger partial charge on any atom is -0.465 e. The van der Waals surface area contributed by atoms with E-state index in [2.05, 4.69) is 39.3 Å². The molecule has 1 aliphatic carbocycles. The number of carbonyl (C=O) groups is 1. The number of carbonyl (C=O) groups excluding carboxylic acids is 1. The zero-order valence-corrected chi connectivity index (χ0v) is 13.8. The van der Waals surface area contributed by atoms with Crippen LogP contribution in [0.25, 0.3) is 0 Å². The van der Waals surface area contributed by atoms with Crippen LogP contribution in [-0.2, 0) is 11.2 Å². The lowest BCUT2D eigenvalue weighted by Crippen LogP contribution is -2.17. The highest BCUT2D eigenvalue weighted by atomic mass is 35.5. The van der Waals surface area contributed by atoms with Crippen molar-refractivity contribution in [3.63, 3.8) is 0 Å². The zero-order chi connectivity index (χ0) is 15.6. The highest BCUT2D eigenvalue weighted by Crippen LogP contribution is 2.48. The van der Waals surface area contributed by atoms with Gasteiger partial charge in [-0.2, -0.15) is 0 Å². The molecule has 1 saturated carbocycles. The lowest BCUT2D eigenvalue weighted by atomic mass is 9.96. The monoisotopic (exact) mass is 336 g/mol. The Morgan fingerprint density at radius 1 is 1.41 bits per heavy atom. The van der Waals surface area contributed by atoms with Gasteiger partial charge in [-0.25, -0.2) is 9.78 Å². The van der Waals surface area contributed by atoms with Crippen molar-refractivity contribution in [2.24, 2.45) is 5.41 Å². The van der Waals surface area contributed by atoms with Crippen LogP contribution in [0.1, 0.15) is 28.1 Å². The molecule has 0 bridgehead atoms. The molecule has 4 nitrogen and oxygen atoms in total. The first-order chi connectivity index (χ1) is 10.6. The molecule has 0 spiro atoms. The van der Waals surface area contributed by atoms with E-state index in [1.807, 2.05) is 6.07 Å². The number of thiazole rings is 1. The summed E-state index contributed by atoms with van der Waals surface area (Å²) in [5.41, 5.74) is 1.65. The third-order valence-electron chi connectivity index (χ3n) is 3.95. The summed E-state index contributed by atoms with van der Waals surface area (Å²) in [4.78, 5) is 16.1. The van der Waals surface area contributed by atoms with E-state index < -0.39 is 5.97 Å². The second kappa shape index (κ2) is 6.26. The summed E-state index contributed by atoms with van der Waals surface area (Å²) in [5.74, 6) is -0.444. The largest absolute Gasteiger partial charge is 0.465 e. The minimum atomic E-state index is -0.444. The number of nitrogens with one attached hydrogen (secondary N) is 1. The molecule has 1 fully saturated rings. The van der Waals surface area contributed by atoms with Gasteiger partial charge in [0.15, 0.2) is 15.2 Å². The van der Waals surface area contributed by atoms with Gasteiger partial charge in [0.2, 0.25) is 0 Å². The van der Waals surface area contributed by atoms with E-state index in [9.17, 15) is 4.79 Å². The lowest BCUT2D eigenvalue weighted by Gasteiger charge is -2.15. The van der Waals surface area contributed by atoms with Gasteiger partial charge < -0.3 is 10.1 Å². The third-order valence-corrected chi connectivity index (χ3v) is 5.33. The Kier molecular flexibility index (Phi) is 4.36. The summed E-state index contributed by atoms with van der Waals surface area (Å²) in [6.45, 7) is 0.840. The van der Waals surface area contributed by atoms with Gasteiger partial charge in [0.25, 0.3) is 0 Å². The number of ether oxygens (including phenoxy) is 1. The topological polar surface area (TPSA) is 51.2 Å². The summed E-state index contributed by atoms with van der Waals surface area (Å²) in [7, 11) is 1.34. The Labute approximate surface area is 138 Å². The predicted molar refractivity (Wildman–Crippen MR) is 88.8 cm³/mol. The first-order valence-electron chi connectivity index (χ1n) is 7.14. The number of anilines is 1. The molecule has 0 unspecified atom stereocenters. The summed E-state index contributed by atoms with van der Waals surface area (Å²) in [6, 6.07) is 10.5. The fourth-order valence-electron chi connectivity index (χ4n) is 2.48. The quantitative estimate of drug-likeness (QED) is 0.809. The van der Waals surface area contributed by atoms with Crippen molar-refractivity contribution < 1.29 is 9.53 Å². The van der Waals surface area contributed by atoms with Crippen molar-refractivity contribution in [3.8, 4) is 0 Å². The smallest absolute Gasteiger partial charge is 0.351 e. The normalized spacial score (nSPS) is 15.4. The fourth-order valence-corrected chi connectivity index (χ4v) is 3.58. The van der Waals surface area contributed by atoms with E-state index in [-0.39, 0.29) is 5.15 Å². The number of aromatic nitrogens is 1. The molecule has 0 saturated heterocycles. The standard InChI is InChI=1S/C16H17ClN2O2S/c1-21-14(20)12-13(17)19-15(22-12)18-10-16(7-8-16)9-11-5-3-2-4-6-11/h2-6H,7-10H2,1H3,(H,18,19). The van der Waals surface area contributed by atoms with E-state index in [1.165, 1.54) is 36.9 Å². The number of hydrogen-bond acceptors (Lipinski definition) is 5. The molecule has 22 heavy (non-hydrogen) atoms. The molecular formula is C16H17ClN2O2S. The van der Waals surface area contributed by atoms with Crippen molar-refractivity contribution in [3.05, 3.63) is 45.9 Å². The first-order valence-corrected chi connectivity index (χ1v) is 8.34. The number of halogens is 1. The van der Waals surface area contributed by atoms with E-state index in [1.54, 1.807) is 0 Å². The Morgan fingerprint density at radius 2 is 2.14 bits per heavy atom. The summed E-state index contributed by atoms with van der Waals surface area (Å²) in [5, 5.41) is 4.20. The van der Waals surface area contributed by atoms with Crippen LogP contribution >= 0.6 is 22.9 Å². The second-order valence-electron chi connectivity index (χ2n) is 5.65. The van der Waals surface area contributed by atoms with Crippen LogP contribution in [0.4, 0.5) is 5.13 Å². The number of methoxy groups -OCH3 is 1. The number of hydrogen-bond donors (Lipinski definition) is 1. The van der Waals surface area contributed by atoms with Crippen LogP contribution in [0.15, 0.2) is 30.3 Å².